The van der Waals surface area contributed by atoms with E-state index in [9.17, 15) is 4.79 Å². The second-order valence-electron chi connectivity index (χ2n) is 5.82. The second kappa shape index (κ2) is 5.83. The first-order valence-electron chi connectivity index (χ1n) is 7.13. The number of carbonyl (C=O) groups is 1. The van der Waals surface area contributed by atoms with Crippen LogP contribution < -0.4 is 10.1 Å². The Morgan fingerprint density at radius 3 is 2.65 bits per heavy atom. The molecule has 1 aromatic rings. The van der Waals surface area contributed by atoms with Crippen molar-refractivity contribution in [3.05, 3.63) is 28.8 Å². The maximum absolute atomic E-state index is 11.1. The van der Waals surface area contributed by atoms with Gasteiger partial charge in [0.1, 0.15) is 5.75 Å². The molecule has 4 nitrogen and oxygen atoms in total. The number of carboxylic acids is 1. The Kier molecular flexibility index (Phi) is 4.33. The van der Waals surface area contributed by atoms with Gasteiger partial charge < -0.3 is 15.2 Å². The highest BCUT2D eigenvalue weighted by molar-refractivity contribution is 5.71. The van der Waals surface area contributed by atoms with Gasteiger partial charge in [0.05, 0.1) is 12.0 Å². The largest absolute Gasteiger partial charge is 0.490 e. The van der Waals surface area contributed by atoms with Gasteiger partial charge in [0.2, 0.25) is 0 Å². The summed E-state index contributed by atoms with van der Waals surface area (Å²) in [6, 6.07) is 4.19. The number of carboxylic acid groups (broad SMARTS) is 1. The molecule has 0 saturated carbocycles. The summed E-state index contributed by atoms with van der Waals surface area (Å²) in [5.41, 5.74) is 3.40. The normalized spacial score (nSPS) is 22.2. The molecule has 2 atom stereocenters. The fraction of sp³-hybridized carbons (Fsp3) is 0.562. The molecule has 2 unspecified atom stereocenters. The topological polar surface area (TPSA) is 58.6 Å². The van der Waals surface area contributed by atoms with Crippen molar-refractivity contribution in [2.75, 3.05) is 6.54 Å². The molecule has 0 spiro atoms. The molecule has 1 aliphatic rings. The first-order valence-corrected chi connectivity index (χ1v) is 7.13. The molecule has 0 radical (unpaired) electrons. The zero-order valence-electron chi connectivity index (χ0n) is 12.6. The standard InChI is InChI=1S/C16H23NO3/c1-9(2)20-15-11(4)10(3)5-6-13(15)14-7-12(8-17-14)16(18)19/h5-6,9,12,14,17H,7-8H2,1-4H3,(H,18,19). The number of aryl methyl sites for hydroxylation is 1. The first kappa shape index (κ1) is 14.9. The van der Waals surface area contributed by atoms with Gasteiger partial charge in [0.25, 0.3) is 0 Å². The molecule has 0 aromatic heterocycles. The van der Waals surface area contributed by atoms with Gasteiger partial charge in [-0.25, -0.2) is 0 Å². The number of hydrogen-bond acceptors (Lipinski definition) is 3. The molecule has 0 bridgehead atoms. The number of hydrogen-bond donors (Lipinski definition) is 2. The lowest BCUT2D eigenvalue weighted by atomic mass is 9.95. The van der Waals surface area contributed by atoms with Crippen LogP contribution in [0.2, 0.25) is 0 Å². The van der Waals surface area contributed by atoms with E-state index < -0.39 is 5.97 Å². The van der Waals surface area contributed by atoms with Gasteiger partial charge in [-0.2, -0.15) is 0 Å². The van der Waals surface area contributed by atoms with Crippen LogP contribution in [0.4, 0.5) is 0 Å². The van der Waals surface area contributed by atoms with Crippen LogP contribution in [0.15, 0.2) is 12.1 Å². The molecule has 1 saturated heterocycles. The Morgan fingerprint density at radius 2 is 2.10 bits per heavy atom. The fourth-order valence-electron chi connectivity index (χ4n) is 2.64. The second-order valence-corrected chi connectivity index (χ2v) is 5.82. The minimum Gasteiger partial charge on any atom is -0.490 e. The van der Waals surface area contributed by atoms with E-state index in [0.29, 0.717) is 13.0 Å². The summed E-state index contributed by atoms with van der Waals surface area (Å²) in [4.78, 5) is 11.1. The number of rotatable bonds is 4. The van der Waals surface area contributed by atoms with E-state index in [0.717, 1.165) is 16.9 Å². The van der Waals surface area contributed by atoms with Crippen molar-refractivity contribution in [2.24, 2.45) is 5.92 Å². The summed E-state index contributed by atoms with van der Waals surface area (Å²) in [6.07, 6.45) is 0.720. The Labute approximate surface area is 120 Å². The van der Waals surface area contributed by atoms with Crippen LogP contribution in [-0.4, -0.2) is 23.7 Å². The maximum Gasteiger partial charge on any atom is 0.307 e. The van der Waals surface area contributed by atoms with E-state index in [1.54, 1.807) is 0 Å². The van der Waals surface area contributed by atoms with Gasteiger partial charge in [0, 0.05) is 18.2 Å². The van der Waals surface area contributed by atoms with E-state index in [1.807, 2.05) is 13.8 Å². The highest BCUT2D eigenvalue weighted by atomic mass is 16.5. The molecule has 1 aromatic carbocycles. The lowest BCUT2D eigenvalue weighted by Crippen LogP contribution is -2.18. The van der Waals surface area contributed by atoms with E-state index in [4.69, 9.17) is 9.84 Å². The average Bonchev–Trinajstić information content (AvgIpc) is 2.84. The third kappa shape index (κ3) is 2.96. The zero-order chi connectivity index (χ0) is 14.9. The summed E-state index contributed by atoms with van der Waals surface area (Å²) in [7, 11) is 0. The first-order chi connectivity index (χ1) is 9.40. The van der Waals surface area contributed by atoms with Gasteiger partial charge in [-0.1, -0.05) is 12.1 Å². The molecule has 20 heavy (non-hydrogen) atoms. The molecular formula is C16H23NO3. The summed E-state index contributed by atoms with van der Waals surface area (Å²) in [5, 5.41) is 12.4. The number of benzene rings is 1. The van der Waals surface area contributed by atoms with Crippen molar-refractivity contribution in [2.45, 2.75) is 46.3 Å². The van der Waals surface area contributed by atoms with E-state index in [1.165, 1.54) is 5.56 Å². The molecule has 2 N–H and O–H groups in total. The molecular weight excluding hydrogens is 254 g/mol. The lowest BCUT2D eigenvalue weighted by Gasteiger charge is -2.21. The van der Waals surface area contributed by atoms with Crippen LogP contribution in [0.3, 0.4) is 0 Å². The molecule has 0 aliphatic carbocycles. The van der Waals surface area contributed by atoms with Crippen LogP contribution in [-0.2, 0) is 4.79 Å². The molecule has 1 aliphatic heterocycles. The lowest BCUT2D eigenvalue weighted by molar-refractivity contribution is -0.141. The summed E-state index contributed by atoms with van der Waals surface area (Å²) < 4.78 is 5.98. The number of nitrogens with one attached hydrogen (secondary N) is 1. The van der Waals surface area contributed by atoms with Crippen LogP contribution in [0.1, 0.15) is 43.0 Å². The highest BCUT2D eigenvalue weighted by Gasteiger charge is 2.32. The monoisotopic (exact) mass is 277 g/mol. The molecule has 1 fully saturated rings. The van der Waals surface area contributed by atoms with Crippen LogP contribution in [0.5, 0.6) is 5.75 Å². The minimum absolute atomic E-state index is 0.0594. The molecule has 110 valence electrons. The predicted molar refractivity (Wildman–Crippen MR) is 78.2 cm³/mol. The van der Waals surface area contributed by atoms with Crippen molar-refractivity contribution in [3.8, 4) is 5.75 Å². The third-order valence-corrected chi connectivity index (χ3v) is 3.92. The number of aliphatic carboxylic acids is 1. The smallest absolute Gasteiger partial charge is 0.307 e. The Balaban J connectivity index is 2.32. The SMILES string of the molecule is Cc1ccc(C2CC(C(=O)O)CN2)c(OC(C)C)c1C. The van der Waals surface area contributed by atoms with Gasteiger partial charge >= 0.3 is 5.97 Å². The molecule has 4 heteroatoms. The highest BCUT2D eigenvalue weighted by Crippen LogP contribution is 2.37. The van der Waals surface area contributed by atoms with E-state index in [2.05, 4.69) is 31.3 Å². The van der Waals surface area contributed by atoms with Crippen molar-refractivity contribution < 1.29 is 14.6 Å². The Bertz CT molecular complexity index is 511. The quantitative estimate of drug-likeness (QED) is 0.888. The molecule has 2 rings (SSSR count). The average molecular weight is 277 g/mol. The summed E-state index contributed by atoms with van der Waals surface area (Å²) in [6.45, 7) is 8.66. The van der Waals surface area contributed by atoms with E-state index in [-0.39, 0.29) is 18.1 Å². The minimum atomic E-state index is -0.727. The van der Waals surface area contributed by atoms with Crippen LogP contribution in [0.25, 0.3) is 0 Å². The summed E-state index contributed by atoms with van der Waals surface area (Å²) >= 11 is 0. The molecule has 0 amide bonds. The van der Waals surface area contributed by atoms with Crippen LogP contribution in [0, 0.1) is 19.8 Å². The van der Waals surface area contributed by atoms with Gasteiger partial charge in [-0.05, 0) is 45.2 Å². The predicted octanol–water partition coefficient (Wildman–Crippen LogP) is 2.83. The summed E-state index contributed by atoms with van der Waals surface area (Å²) in [5.74, 6) is -0.132. The maximum atomic E-state index is 11.1. The van der Waals surface area contributed by atoms with Crippen molar-refractivity contribution in [1.82, 2.24) is 5.32 Å². The van der Waals surface area contributed by atoms with Crippen molar-refractivity contribution in [1.29, 1.82) is 0 Å². The Hall–Kier alpha value is -1.55. The Morgan fingerprint density at radius 1 is 1.40 bits per heavy atom. The van der Waals surface area contributed by atoms with Gasteiger partial charge in [-0.15, -0.1) is 0 Å². The number of ether oxygens (including phenoxy) is 1. The molecule has 1 heterocycles. The zero-order valence-corrected chi connectivity index (χ0v) is 12.6. The van der Waals surface area contributed by atoms with Crippen molar-refractivity contribution in [3.63, 3.8) is 0 Å². The van der Waals surface area contributed by atoms with Crippen LogP contribution >= 0.6 is 0 Å². The van der Waals surface area contributed by atoms with Gasteiger partial charge in [-0.3, -0.25) is 4.79 Å². The third-order valence-electron chi connectivity index (χ3n) is 3.92. The van der Waals surface area contributed by atoms with Gasteiger partial charge in [0.15, 0.2) is 0 Å². The van der Waals surface area contributed by atoms with Crippen molar-refractivity contribution >= 4 is 5.97 Å². The fourth-order valence-corrected chi connectivity index (χ4v) is 2.64. The van der Waals surface area contributed by atoms with E-state index >= 15 is 0 Å².